The van der Waals surface area contributed by atoms with Crippen molar-refractivity contribution in [1.29, 1.82) is 0 Å². The number of hydrogen-bond acceptors (Lipinski definition) is 1. The van der Waals surface area contributed by atoms with Gasteiger partial charge in [-0.2, -0.15) is 0 Å². The number of aliphatic hydroxyl groups is 1. The third-order valence-corrected chi connectivity index (χ3v) is 7.78. The molecule has 0 radical (unpaired) electrons. The molecule has 0 bridgehead atoms. The van der Waals surface area contributed by atoms with Crippen LogP contribution in [0.5, 0.6) is 0 Å². The first-order valence-electron chi connectivity index (χ1n) is 16.5. The van der Waals surface area contributed by atoms with Crippen molar-refractivity contribution >= 4 is 0 Å². The van der Waals surface area contributed by atoms with Crippen LogP contribution >= 0.6 is 0 Å². The summed E-state index contributed by atoms with van der Waals surface area (Å²) < 4.78 is 0. The van der Waals surface area contributed by atoms with Gasteiger partial charge in [-0.15, -0.1) is 0 Å². The highest BCUT2D eigenvalue weighted by Gasteiger charge is 2.03. The molecule has 1 atom stereocenters. The van der Waals surface area contributed by atoms with Crippen molar-refractivity contribution < 1.29 is 5.11 Å². The summed E-state index contributed by atoms with van der Waals surface area (Å²) in [6, 6.07) is 0. The van der Waals surface area contributed by atoms with Crippen molar-refractivity contribution in [2.75, 3.05) is 0 Å². The Morgan fingerprint density at radius 1 is 0.294 bits per heavy atom. The number of hydrogen-bond donors (Lipinski definition) is 1. The van der Waals surface area contributed by atoms with Crippen LogP contribution in [-0.4, -0.2) is 11.2 Å². The van der Waals surface area contributed by atoms with Crippen LogP contribution in [0.15, 0.2) is 0 Å². The topological polar surface area (TPSA) is 20.2 Å². The van der Waals surface area contributed by atoms with Crippen LogP contribution in [0, 0.1) is 0 Å². The van der Waals surface area contributed by atoms with Crippen LogP contribution in [0.25, 0.3) is 0 Å². The Kier molecular flexibility index (Phi) is 31.0. The molecule has 1 unspecified atom stereocenters. The Balaban J connectivity index is 3.09. The van der Waals surface area contributed by atoms with Gasteiger partial charge in [-0.05, 0) is 12.8 Å². The minimum Gasteiger partial charge on any atom is -0.393 e. The molecule has 0 heterocycles. The summed E-state index contributed by atoms with van der Waals surface area (Å²) in [6.07, 6.45) is 41.6. The van der Waals surface area contributed by atoms with Gasteiger partial charge in [-0.1, -0.05) is 194 Å². The zero-order chi connectivity index (χ0) is 24.8. The molecule has 0 spiro atoms. The minimum atomic E-state index is -0.0315. The molecule has 1 heteroatoms. The lowest BCUT2D eigenvalue weighted by atomic mass is 10.0. The monoisotopic (exact) mass is 481 g/mol. The third kappa shape index (κ3) is 30.0. The molecule has 0 aliphatic rings. The summed E-state index contributed by atoms with van der Waals surface area (Å²) in [5.41, 5.74) is 0. The fourth-order valence-electron chi connectivity index (χ4n) is 5.29. The predicted molar refractivity (Wildman–Crippen MR) is 156 cm³/mol. The van der Waals surface area contributed by atoms with E-state index in [4.69, 9.17) is 0 Å². The summed E-state index contributed by atoms with van der Waals surface area (Å²) in [5, 5.41) is 10.1. The predicted octanol–water partition coefficient (Wildman–Crippen LogP) is 12.1. The van der Waals surface area contributed by atoms with E-state index in [2.05, 4.69) is 13.8 Å². The zero-order valence-corrected chi connectivity index (χ0v) is 24.2. The smallest absolute Gasteiger partial charge is 0.0540 e. The minimum absolute atomic E-state index is 0.0315. The average Bonchev–Trinajstić information content (AvgIpc) is 2.84. The van der Waals surface area contributed by atoms with Crippen molar-refractivity contribution in [3.05, 3.63) is 0 Å². The van der Waals surface area contributed by atoms with E-state index in [1.807, 2.05) is 0 Å². The zero-order valence-electron chi connectivity index (χ0n) is 24.2. The molecule has 0 aromatic heterocycles. The second kappa shape index (κ2) is 31.0. The van der Waals surface area contributed by atoms with E-state index < -0.39 is 0 Å². The van der Waals surface area contributed by atoms with Gasteiger partial charge in [0, 0.05) is 0 Å². The van der Waals surface area contributed by atoms with Gasteiger partial charge in [0.05, 0.1) is 6.10 Å². The maximum atomic E-state index is 10.1. The van der Waals surface area contributed by atoms with Gasteiger partial charge in [0.2, 0.25) is 0 Å². The molecule has 0 amide bonds. The fourth-order valence-corrected chi connectivity index (χ4v) is 5.29. The van der Waals surface area contributed by atoms with E-state index in [-0.39, 0.29) is 6.10 Å². The highest BCUT2D eigenvalue weighted by Crippen LogP contribution is 2.16. The van der Waals surface area contributed by atoms with Crippen LogP contribution in [0.1, 0.15) is 206 Å². The molecule has 0 fully saturated rings. The molecule has 1 N–H and O–H groups in total. The second-order valence-corrected chi connectivity index (χ2v) is 11.4. The molecule has 0 saturated carbocycles. The van der Waals surface area contributed by atoms with Crippen molar-refractivity contribution in [3.8, 4) is 0 Å². The maximum Gasteiger partial charge on any atom is 0.0540 e. The Labute approximate surface area is 217 Å². The lowest BCUT2D eigenvalue weighted by Gasteiger charge is -2.10. The van der Waals surface area contributed by atoms with E-state index in [0.29, 0.717) is 0 Å². The van der Waals surface area contributed by atoms with E-state index in [0.717, 1.165) is 12.8 Å². The molecule has 1 nitrogen and oxygen atoms in total. The lowest BCUT2D eigenvalue weighted by Crippen LogP contribution is -2.05. The summed E-state index contributed by atoms with van der Waals surface area (Å²) in [5.74, 6) is 0. The summed E-state index contributed by atoms with van der Waals surface area (Å²) in [4.78, 5) is 0. The summed E-state index contributed by atoms with van der Waals surface area (Å²) in [7, 11) is 0. The van der Waals surface area contributed by atoms with Crippen molar-refractivity contribution in [3.63, 3.8) is 0 Å². The van der Waals surface area contributed by atoms with Crippen LogP contribution in [-0.2, 0) is 0 Å². The molecule has 0 rings (SSSR count). The second-order valence-electron chi connectivity index (χ2n) is 11.4. The van der Waals surface area contributed by atoms with Gasteiger partial charge in [-0.25, -0.2) is 0 Å². The molecular weight excluding hydrogens is 412 g/mol. The van der Waals surface area contributed by atoms with Gasteiger partial charge < -0.3 is 5.11 Å². The number of rotatable bonds is 30. The van der Waals surface area contributed by atoms with Gasteiger partial charge in [0.25, 0.3) is 0 Å². The quantitative estimate of drug-likeness (QED) is 0.101. The molecule has 34 heavy (non-hydrogen) atoms. The molecule has 0 aliphatic carbocycles. The van der Waals surface area contributed by atoms with E-state index >= 15 is 0 Å². The largest absolute Gasteiger partial charge is 0.393 e. The van der Waals surface area contributed by atoms with Crippen molar-refractivity contribution in [1.82, 2.24) is 0 Å². The average molecular weight is 481 g/mol. The van der Waals surface area contributed by atoms with E-state index in [1.54, 1.807) is 0 Å². The highest BCUT2D eigenvalue weighted by atomic mass is 16.3. The Hall–Kier alpha value is -0.0400. The summed E-state index contributed by atoms with van der Waals surface area (Å²) in [6.45, 7) is 4.58. The molecule has 206 valence electrons. The standard InChI is InChI=1S/C33H68O/c1-3-5-7-9-11-12-13-14-15-16-17-18-19-20-21-22-23-24-26-28-30-32-33(34)31-29-27-25-10-8-6-4-2/h33-34H,3-32H2,1-2H3. The Morgan fingerprint density at radius 3 is 0.676 bits per heavy atom. The normalized spacial score (nSPS) is 12.4. The van der Waals surface area contributed by atoms with Crippen molar-refractivity contribution in [2.45, 2.75) is 213 Å². The first-order chi connectivity index (χ1) is 16.8. The van der Waals surface area contributed by atoms with Gasteiger partial charge in [-0.3, -0.25) is 0 Å². The van der Waals surface area contributed by atoms with Crippen LogP contribution in [0.2, 0.25) is 0 Å². The fraction of sp³-hybridized carbons (Fsp3) is 1.00. The van der Waals surface area contributed by atoms with E-state index in [1.165, 1.54) is 180 Å². The number of aliphatic hydroxyl groups excluding tert-OH is 1. The maximum absolute atomic E-state index is 10.1. The van der Waals surface area contributed by atoms with E-state index in [9.17, 15) is 5.11 Å². The SMILES string of the molecule is CCCCCCCCCCCCCCCCCCCCCCCC(O)CCCCCCCCC. The highest BCUT2D eigenvalue weighted by molar-refractivity contribution is 4.58. The van der Waals surface area contributed by atoms with Crippen LogP contribution in [0.3, 0.4) is 0 Å². The van der Waals surface area contributed by atoms with Crippen molar-refractivity contribution in [2.24, 2.45) is 0 Å². The Bertz CT molecular complexity index is 339. The molecule has 0 aromatic rings. The molecular formula is C33H68O. The molecule has 0 aromatic carbocycles. The summed E-state index contributed by atoms with van der Waals surface area (Å²) >= 11 is 0. The number of unbranched alkanes of at least 4 members (excludes halogenated alkanes) is 26. The Morgan fingerprint density at radius 2 is 0.471 bits per heavy atom. The van der Waals surface area contributed by atoms with Gasteiger partial charge in [0.15, 0.2) is 0 Å². The van der Waals surface area contributed by atoms with Gasteiger partial charge >= 0.3 is 0 Å². The molecule has 0 saturated heterocycles. The van der Waals surface area contributed by atoms with Gasteiger partial charge in [0.1, 0.15) is 0 Å². The van der Waals surface area contributed by atoms with Crippen LogP contribution in [0.4, 0.5) is 0 Å². The third-order valence-electron chi connectivity index (χ3n) is 7.78. The lowest BCUT2D eigenvalue weighted by molar-refractivity contribution is 0.147. The first kappa shape index (κ1) is 34.0. The molecule has 0 aliphatic heterocycles. The van der Waals surface area contributed by atoms with Crippen LogP contribution < -0.4 is 0 Å². The first-order valence-corrected chi connectivity index (χ1v) is 16.5.